The number of likely N-dealkylation sites (N-methyl/N-ethyl adjacent to an activating group) is 1. The summed E-state index contributed by atoms with van der Waals surface area (Å²) in [5, 5.41) is 0.754. The van der Waals surface area contributed by atoms with Crippen LogP contribution in [-0.4, -0.2) is 43.0 Å². The molecule has 0 saturated carbocycles. The van der Waals surface area contributed by atoms with Gasteiger partial charge in [-0.1, -0.05) is 87.9 Å². The highest BCUT2D eigenvalue weighted by Gasteiger charge is 2.25. The molecule has 6 heteroatoms. The molecule has 3 aromatic carbocycles. The molecular weight excluding hydrogens is 482 g/mol. The molecular formula is C26H26BrN3OS. The number of hydrogen-bond acceptors (Lipinski definition) is 4. The highest BCUT2D eigenvalue weighted by Crippen LogP contribution is 2.33. The number of carbonyl (C=O) groups excluding carboxylic acids is 1. The maximum Gasteiger partial charge on any atom is 0.229 e. The van der Waals surface area contributed by atoms with E-state index in [2.05, 4.69) is 51.2 Å². The van der Waals surface area contributed by atoms with E-state index in [1.54, 1.807) is 11.3 Å². The predicted octanol–water partition coefficient (Wildman–Crippen LogP) is 6.18. The summed E-state index contributed by atoms with van der Waals surface area (Å²) in [4.78, 5) is 22.5. The molecule has 0 saturated heterocycles. The van der Waals surface area contributed by atoms with Gasteiger partial charge in [0.25, 0.3) is 0 Å². The Balaban J connectivity index is 1.67. The zero-order valence-corrected chi connectivity index (χ0v) is 20.6. The smallest absolute Gasteiger partial charge is 0.229 e. The van der Waals surface area contributed by atoms with Gasteiger partial charge in [-0.05, 0) is 43.4 Å². The van der Waals surface area contributed by atoms with Crippen LogP contribution in [0.5, 0.6) is 0 Å². The lowest BCUT2D eigenvalue weighted by molar-refractivity contribution is -0.118. The minimum atomic E-state index is -0.00437. The lowest BCUT2D eigenvalue weighted by Crippen LogP contribution is -2.37. The summed E-state index contributed by atoms with van der Waals surface area (Å²) in [6.45, 7) is 1.37. The Bertz CT molecular complexity index is 1140. The SMILES string of the molecule is CN(C)CCN(C(=O)CC(c1ccccc1)c1ccccc1)c1nc2ccc(Br)cc2s1. The van der Waals surface area contributed by atoms with Crippen molar-refractivity contribution in [2.24, 2.45) is 0 Å². The number of aromatic nitrogens is 1. The highest BCUT2D eigenvalue weighted by molar-refractivity contribution is 9.10. The first-order valence-corrected chi connectivity index (χ1v) is 12.2. The van der Waals surface area contributed by atoms with Crippen LogP contribution in [-0.2, 0) is 4.79 Å². The van der Waals surface area contributed by atoms with Crippen molar-refractivity contribution in [3.63, 3.8) is 0 Å². The van der Waals surface area contributed by atoms with Gasteiger partial charge in [0, 0.05) is 29.9 Å². The van der Waals surface area contributed by atoms with E-state index < -0.39 is 0 Å². The van der Waals surface area contributed by atoms with E-state index in [0.29, 0.717) is 13.0 Å². The lowest BCUT2D eigenvalue weighted by Gasteiger charge is -2.25. The summed E-state index contributed by atoms with van der Waals surface area (Å²) in [7, 11) is 4.05. The summed E-state index contributed by atoms with van der Waals surface area (Å²) >= 11 is 5.10. The average Bonchev–Trinajstić information content (AvgIpc) is 3.21. The zero-order valence-electron chi connectivity index (χ0n) is 18.2. The van der Waals surface area contributed by atoms with Crippen molar-refractivity contribution in [2.45, 2.75) is 12.3 Å². The third-order valence-corrected chi connectivity index (χ3v) is 6.96. The van der Waals surface area contributed by atoms with Crippen LogP contribution in [0.15, 0.2) is 83.3 Å². The predicted molar refractivity (Wildman–Crippen MR) is 138 cm³/mol. The minimum absolute atomic E-state index is 0.00437. The van der Waals surface area contributed by atoms with Crippen LogP contribution in [0.4, 0.5) is 5.13 Å². The van der Waals surface area contributed by atoms with Crippen molar-refractivity contribution in [3.05, 3.63) is 94.5 Å². The Morgan fingerprint density at radius 3 is 2.16 bits per heavy atom. The van der Waals surface area contributed by atoms with Gasteiger partial charge in [0.05, 0.1) is 10.2 Å². The van der Waals surface area contributed by atoms with Gasteiger partial charge < -0.3 is 4.90 Å². The first-order valence-electron chi connectivity index (χ1n) is 10.6. The number of nitrogens with zero attached hydrogens (tertiary/aromatic N) is 3. The molecule has 4 rings (SSSR count). The van der Waals surface area contributed by atoms with Crippen molar-refractivity contribution >= 4 is 48.5 Å². The summed E-state index contributed by atoms with van der Waals surface area (Å²) in [5.74, 6) is 0.0814. The molecule has 32 heavy (non-hydrogen) atoms. The zero-order chi connectivity index (χ0) is 22.5. The van der Waals surface area contributed by atoms with Crippen molar-refractivity contribution in [2.75, 3.05) is 32.1 Å². The van der Waals surface area contributed by atoms with Gasteiger partial charge in [-0.2, -0.15) is 0 Å². The highest BCUT2D eigenvalue weighted by atomic mass is 79.9. The van der Waals surface area contributed by atoms with Crippen LogP contribution in [0.3, 0.4) is 0 Å². The van der Waals surface area contributed by atoms with Crippen LogP contribution in [0.2, 0.25) is 0 Å². The molecule has 1 aromatic heterocycles. The number of anilines is 1. The number of amides is 1. The molecule has 0 N–H and O–H groups in total. The van der Waals surface area contributed by atoms with Gasteiger partial charge in [-0.15, -0.1) is 0 Å². The van der Waals surface area contributed by atoms with Gasteiger partial charge >= 0.3 is 0 Å². The van der Waals surface area contributed by atoms with Crippen molar-refractivity contribution < 1.29 is 4.79 Å². The molecule has 164 valence electrons. The molecule has 0 unspecified atom stereocenters. The number of thiazole rings is 1. The molecule has 0 spiro atoms. The summed E-state index contributed by atoms with van der Waals surface area (Å²) in [6.07, 6.45) is 0.390. The van der Waals surface area contributed by atoms with Gasteiger partial charge in [0.2, 0.25) is 5.91 Å². The molecule has 0 bridgehead atoms. The van der Waals surface area contributed by atoms with E-state index in [9.17, 15) is 4.79 Å². The van der Waals surface area contributed by atoms with E-state index in [0.717, 1.165) is 37.5 Å². The van der Waals surface area contributed by atoms with E-state index in [1.807, 2.05) is 67.5 Å². The number of fused-ring (bicyclic) bond motifs is 1. The fourth-order valence-electron chi connectivity index (χ4n) is 3.71. The number of hydrogen-bond donors (Lipinski definition) is 0. The summed E-state index contributed by atoms with van der Waals surface area (Å²) in [5.41, 5.74) is 3.21. The number of halogens is 1. The second-order valence-corrected chi connectivity index (χ2v) is 9.96. The average molecular weight is 508 g/mol. The second-order valence-electron chi connectivity index (χ2n) is 8.04. The molecule has 4 aromatic rings. The molecule has 0 aliphatic heterocycles. The molecule has 0 atom stereocenters. The normalized spacial score (nSPS) is 11.4. The van der Waals surface area contributed by atoms with Crippen LogP contribution in [0.25, 0.3) is 10.2 Å². The molecule has 0 aliphatic carbocycles. The van der Waals surface area contributed by atoms with Gasteiger partial charge in [0.15, 0.2) is 5.13 Å². The standard InChI is InChI=1S/C26H26BrN3OS/c1-29(2)15-16-30(26-28-23-14-13-21(27)17-24(23)32-26)25(31)18-22(19-9-5-3-6-10-19)20-11-7-4-8-12-20/h3-14,17,22H,15-16,18H2,1-2H3. The van der Waals surface area contributed by atoms with E-state index in [1.165, 1.54) is 0 Å². The lowest BCUT2D eigenvalue weighted by atomic mass is 9.88. The molecule has 1 amide bonds. The maximum absolute atomic E-state index is 13.7. The third-order valence-electron chi connectivity index (χ3n) is 5.42. The molecule has 0 fully saturated rings. The fraction of sp³-hybridized carbons (Fsp3) is 0.231. The largest absolute Gasteiger partial charge is 0.308 e. The first kappa shape index (κ1) is 22.6. The third kappa shape index (κ3) is 5.44. The second kappa shape index (κ2) is 10.4. The summed E-state index contributed by atoms with van der Waals surface area (Å²) < 4.78 is 2.08. The fourth-order valence-corrected chi connectivity index (χ4v) is 5.27. The molecule has 4 nitrogen and oxygen atoms in total. The molecule has 0 radical (unpaired) electrons. The Hall–Kier alpha value is -2.54. The Labute approximate surface area is 201 Å². The van der Waals surface area contributed by atoms with Gasteiger partial charge in [0.1, 0.15) is 0 Å². The number of carbonyl (C=O) groups is 1. The van der Waals surface area contributed by atoms with Gasteiger partial charge in [-0.3, -0.25) is 9.69 Å². The van der Waals surface area contributed by atoms with Crippen molar-refractivity contribution in [1.82, 2.24) is 9.88 Å². The van der Waals surface area contributed by atoms with Crippen molar-refractivity contribution in [3.8, 4) is 0 Å². The van der Waals surface area contributed by atoms with Crippen LogP contribution < -0.4 is 4.90 Å². The summed E-state index contributed by atoms with van der Waals surface area (Å²) in [6, 6.07) is 26.6. The van der Waals surface area contributed by atoms with Gasteiger partial charge in [-0.25, -0.2) is 4.98 Å². The first-order chi connectivity index (χ1) is 15.5. The number of benzene rings is 3. The molecule has 0 aliphatic rings. The van der Waals surface area contributed by atoms with Crippen LogP contribution >= 0.6 is 27.3 Å². The van der Waals surface area contributed by atoms with E-state index >= 15 is 0 Å². The Morgan fingerprint density at radius 1 is 0.938 bits per heavy atom. The number of rotatable bonds is 8. The van der Waals surface area contributed by atoms with Crippen molar-refractivity contribution in [1.29, 1.82) is 0 Å². The van der Waals surface area contributed by atoms with E-state index in [4.69, 9.17) is 4.98 Å². The topological polar surface area (TPSA) is 36.4 Å². The Morgan fingerprint density at radius 2 is 1.56 bits per heavy atom. The van der Waals surface area contributed by atoms with Crippen LogP contribution in [0, 0.1) is 0 Å². The monoisotopic (exact) mass is 507 g/mol. The minimum Gasteiger partial charge on any atom is -0.308 e. The maximum atomic E-state index is 13.7. The molecule has 1 heterocycles. The quantitative estimate of drug-likeness (QED) is 0.285. The van der Waals surface area contributed by atoms with E-state index in [-0.39, 0.29) is 11.8 Å². The Kier molecular flexibility index (Phi) is 7.35. The van der Waals surface area contributed by atoms with Crippen LogP contribution in [0.1, 0.15) is 23.5 Å².